The summed E-state index contributed by atoms with van der Waals surface area (Å²) in [6.45, 7) is -0.185. The van der Waals surface area contributed by atoms with Gasteiger partial charge in [-0.25, -0.2) is 8.78 Å². The summed E-state index contributed by atoms with van der Waals surface area (Å²) in [7, 11) is 0. The number of H-pyrrole nitrogens is 1. The van der Waals surface area contributed by atoms with Crippen molar-refractivity contribution in [1.82, 2.24) is 20.0 Å². The van der Waals surface area contributed by atoms with E-state index in [2.05, 4.69) is 26.1 Å². The van der Waals surface area contributed by atoms with E-state index in [1.807, 2.05) is 12.1 Å². The van der Waals surface area contributed by atoms with E-state index in [0.717, 1.165) is 25.8 Å². The Labute approximate surface area is 219 Å². The lowest BCUT2D eigenvalue weighted by atomic mass is 9.73. The third-order valence-electron chi connectivity index (χ3n) is 7.82. The Morgan fingerprint density at radius 1 is 1.05 bits per heavy atom. The minimum Gasteiger partial charge on any atom is -0.339 e. The Hall–Kier alpha value is -3.34. The molecule has 3 aliphatic heterocycles. The number of fused-ring (bicyclic) bond motifs is 3. The molecule has 3 amide bonds. The topological polar surface area (TPSA) is 89.6 Å². The first-order valence-corrected chi connectivity index (χ1v) is 13.0. The second-order valence-corrected chi connectivity index (χ2v) is 10.8. The molecule has 8 nitrogen and oxygen atoms in total. The van der Waals surface area contributed by atoms with Crippen LogP contribution in [0, 0.1) is 0 Å². The molecule has 2 saturated heterocycles. The van der Waals surface area contributed by atoms with Crippen molar-refractivity contribution < 1.29 is 23.2 Å². The maximum atomic E-state index is 13.9. The number of likely N-dealkylation sites (tertiary alicyclic amines) is 2. The highest BCUT2D eigenvalue weighted by Gasteiger charge is 2.54. The molecule has 0 atom stereocenters. The number of benzene rings is 2. The lowest BCUT2D eigenvalue weighted by molar-refractivity contribution is -0.132. The second-order valence-electron chi connectivity index (χ2n) is 9.99. The molecule has 1 spiro atoms. The molecule has 3 aromatic rings. The van der Waals surface area contributed by atoms with Gasteiger partial charge in [-0.05, 0) is 43.2 Å². The molecule has 1 aromatic heterocycles. The fourth-order valence-electron chi connectivity index (χ4n) is 5.84. The summed E-state index contributed by atoms with van der Waals surface area (Å²) < 4.78 is 28.1. The predicted molar refractivity (Wildman–Crippen MR) is 136 cm³/mol. The van der Waals surface area contributed by atoms with Crippen LogP contribution in [-0.2, 0) is 15.0 Å². The number of alkyl halides is 2. The first-order valence-electron chi connectivity index (χ1n) is 12.2. The Morgan fingerprint density at radius 2 is 1.81 bits per heavy atom. The number of rotatable bonds is 3. The Kier molecular flexibility index (Phi) is 5.59. The zero-order valence-electron chi connectivity index (χ0n) is 19.8. The first kappa shape index (κ1) is 24.0. The fraction of sp³-hybridized carbons (Fsp3) is 0.385. The Balaban J connectivity index is 1.23. The molecule has 6 rings (SSSR count). The molecule has 0 bridgehead atoms. The van der Waals surface area contributed by atoms with Gasteiger partial charge in [0.2, 0.25) is 11.8 Å². The number of carbonyl (C=O) groups is 3. The second kappa shape index (κ2) is 8.61. The van der Waals surface area contributed by atoms with Crippen molar-refractivity contribution in [2.75, 3.05) is 37.6 Å². The zero-order chi connectivity index (χ0) is 25.9. The van der Waals surface area contributed by atoms with E-state index >= 15 is 0 Å². The molecule has 11 heteroatoms. The van der Waals surface area contributed by atoms with Gasteiger partial charge in [0, 0.05) is 52.7 Å². The molecule has 1 N–H and O–H groups in total. The van der Waals surface area contributed by atoms with Crippen molar-refractivity contribution in [3.05, 3.63) is 58.2 Å². The van der Waals surface area contributed by atoms with Gasteiger partial charge >= 0.3 is 0 Å². The highest BCUT2D eigenvalue weighted by atomic mass is 79.9. The van der Waals surface area contributed by atoms with Crippen LogP contribution in [0.5, 0.6) is 0 Å². The summed E-state index contributed by atoms with van der Waals surface area (Å²) in [5, 5.41) is 7.72. The third-order valence-corrected chi connectivity index (χ3v) is 8.48. The minimum absolute atomic E-state index is 0.0218. The number of aromatic nitrogens is 2. The van der Waals surface area contributed by atoms with E-state index in [1.165, 1.54) is 4.90 Å². The van der Waals surface area contributed by atoms with Gasteiger partial charge in [-0.15, -0.1) is 0 Å². The van der Waals surface area contributed by atoms with E-state index in [-0.39, 0.29) is 31.3 Å². The molecule has 2 aromatic carbocycles. The average Bonchev–Trinajstić information content (AvgIpc) is 3.56. The molecule has 4 heterocycles. The first-order chi connectivity index (χ1) is 17.7. The van der Waals surface area contributed by atoms with Crippen molar-refractivity contribution in [3.8, 4) is 0 Å². The van der Waals surface area contributed by atoms with Crippen LogP contribution < -0.4 is 4.90 Å². The number of hydrogen-bond donors (Lipinski definition) is 1. The number of anilines is 1. The molecular formula is C26H24BrF2N5O3. The quantitative estimate of drug-likeness (QED) is 0.519. The normalized spacial score (nSPS) is 20.2. The average molecular weight is 572 g/mol. The number of nitrogens with zero attached hydrogens (tertiary/aromatic N) is 4. The number of amides is 3. The SMILES string of the molecule is O=C(CN1C(=O)C2(CCN(C(=O)c3ccc4[nH]ncc4c3)CC2)c2c(Br)cccc21)N1CCC(F)(F)C1. The van der Waals surface area contributed by atoms with Crippen LogP contribution in [0.2, 0.25) is 0 Å². The fourth-order valence-corrected chi connectivity index (χ4v) is 6.58. The summed E-state index contributed by atoms with van der Waals surface area (Å²) in [4.78, 5) is 44.4. The van der Waals surface area contributed by atoms with Crippen LogP contribution >= 0.6 is 15.9 Å². The lowest BCUT2D eigenvalue weighted by Crippen LogP contribution is -2.51. The van der Waals surface area contributed by atoms with E-state index in [9.17, 15) is 23.2 Å². The molecule has 0 saturated carbocycles. The molecular weight excluding hydrogens is 548 g/mol. The van der Waals surface area contributed by atoms with E-state index in [1.54, 1.807) is 35.4 Å². The largest absolute Gasteiger partial charge is 0.339 e. The number of aromatic amines is 1. The van der Waals surface area contributed by atoms with E-state index in [4.69, 9.17) is 0 Å². The number of nitrogens with one attached hydrogen (secondary N) is 1. The molecule has 2 fully saturated rings. The van der Waals surface area contributed by atoms with Gasteiger partial charge in [0.1, 0.15) is 6.54 Å². The van der Waals surface area contributed by atoms with Crippen LogP contribution in [0.15, 0.2) is 47.1 Å². The van der Waals surface area contributed by atoms with Crippen LogP contribution in [0.3, 0.4) is 0 Å². The summed E-state index contributed by atoms with van der Waals surface area (Å²) >= 11 is 3.60. The Morgan fingerprint density at radius 3 is 2.54 bits per heavy atom. The standard InChI is InChI=1S/C26H24BrF2N5O3/c27-18-2-1-3-20-22(18)25(24(37)34(20)14-21(35)33-11-8-26(28,29)15-33)6-9-32(10-7-25)23(36)16-4-5-19-17(12-16)13-30-31-19/h1-5,12-13H,6-11,14-15H2,(H,30,31). The van der Waals surface area contributed by atoms with Gasteiger partial charge < -0.3 is 14.7 Å². The molecule has 3 aliphatic rings. The lowest BCUT2D eigenvalue weighted by Gasteiger charge is -2.39. The maximum absolute atomic E-state index is 13.9. The summed E-state index contributed by atoms with van der Waals surface area (Å²) in [6.07, 6.45) is 2.10. The summed E-state index contributed by atoms with van der Waals surface area (Å²) in [5.41, 5.74) is 1.92. The van der Waals surface area contributed by atoms with Gasteiger partial charge in [-0.3, -0.25) is 19.5 Å². The zero-order valence-corrected chi connectivity index (χ0v) is 21.4. The summed E-state index contributed by atoms with van der Waals surface area (Å²) in [6, 6.07) is 10.8. The van der Waals surface area contributed by atoms with Crippen LogP contribution in [-0.4, -0.2) is 76.4 Å². The predicted octanol–water partition coefficient (Wildman–Crippen LogP) is 3.71. The van der Waals surface area contributed by atoms with E-state index in [0.29, 0.717) is 37.2 Å². The molecule has 0 unspecified atom stereocenters. The molecule has 0 radical (unpaired) electrons. The highest BCUT2D eigenvalue weighted by molar-refractivity contribution is 9.10. The Bertz CT molecular complexity index is 1430. The minimum atomic E-state index is -2.89. The van der Waals surface area contributed by atoms with Crippen LogP contribution in [0.1, 0.15) is 35.2 Å². The number of piperidine rings is 1. The van der Waals surface area contributed by atoms with Crippen molar-refractivity contribution in [3.63, 3.8) is 0 Å². The number of hydrogen-bond acceptors (Lipinski definition) is 4. The van der Waals surface area contributed by atoms with Gasteiger partial charge in [-0.1, -0.05) is 22.0 Å². The van der Waals surface area contributed by atoms with Crippen molar-refractivity contribution in [2.45, 2.75) is 30.6 Å². The van der Waals surface area contributed by atoms with Gasteiger partial charge in [-0.2, -0.15) is 5.10 Å². The number of carbonyl (C=O) groups excluding carboxylic acids is 3. The smallest absolute Gasteiger partial charge is 0.267 e. The van der Waals surface area contributed by atoms with Crippen molar-refractivity contribution in [1.29, 1.82) is 0 Å². The maximum Gasteiger partial charge on any atom is 0.267 e. The third kappa shape index (κ3) is 3.91. The van der Waals surface area contributed by atoms with Gasteiger partial charge in [0.15, 0.2) is 0 Å². The molecule has 0 aliphatic carbocycles. The van der Waals surface area contributed by atoms with Crippen LogP contribution in [0.25, 0.3) is 10.9 Å². The monoisotopic (exact) mass is 571 g/mol. The molecule has 192 valence electrons. The molecule has 37 heavy (non-hydrogen) atoms. The summed E-state index contributed by atoms with van der Waals surface area (Å²) in [5.74, 6) is -3.72. The van der Waals surface area contributed by atoms with Crippen molar-refractivity contribution >= 4 is 50.2 Å². The van der Waals surface area contributed by atoms with Gasteiger partial charge in [0.05, 0.1) is 23.7 Å². The number of halogens is 3. The van der Waals surface area contributed by atoms with Crippen molar-refractivity contribution in [2.24, 2.45) is 0 Å². The van der Waals surface area contributed by atoms with E-state index < -0.39 is 23.8 Å². The highest BCUT2D eigenvalue weighted by Crippen LogP contribution is 2.51. The van der Waals surface area contributed by atoms with Crippen LogP contribution in [0.4, 0.5) is 14.5 Å². The van der Waals surface area contributed by atoms with Gasteiger partial charge in [0.25, 0.3) is 11.8 Å².